The van der Waals surface area contributed by atoms with Gasteiger partial charge in [-0.15, -0.1) is 0 Å². The Labute approximate surface area is 137 Å². The fourth-order valence-corrected chi connectivity index (χ4v) is 1.84. The van der Waals surface area contributed by atoms with Crippen molar-refractivity contribution in [2.45, 2.75) is 44.8 Å². The number of hydrogen-bond donors (Lipinski definition) is 4. The van der Waals surface area contributed by atoms with Crippen molar-refractivity contribution in [3.8, 4) is 0 Å². The van der Waals surface area contributed by atoms with Crippen LogP contribution in [0, 0.1) is 0 Å². The molecule has 1 rings (SSSR count). The molecule has 1 amide bonds. The summed E-state index contributed by atoms with van der Waals surface area (Å²) >= 11 is 0. The molecule has 0 aromatic heterocycles. The average molecular weight is 350 g/mol. The van der Waals surface area contributed by atoms with Gasteiger partial charge in [0.15, 0.2) is 0 Å². The minimum atomic E-state index is -4.68. The number of carbonyl (C=O) groups excluding carboxylic acids is 1. The number of aliphatic hydroxyl groups is 2. The number of benzene rings is 1. The summed E-state index contributed by atoms with van der Waals surface area (Å²) in [5.41, 5.74) is 2.76. The Morgan fingerprint density at radius 1 is 1.29 bits per heavy atom. The van der Waals surface area contributed by atoms with E-state index in [1.54, 1.807) is 20.8 Å². The van der Waals surface area contributed by atoms with Crippen molar-refractivity contribution in [3.05, 3.63) is 29.3 Å². The molecule has 0 aliphatic rings. The molecular formula is C15H21F3N2O4. The van der Waals surface area contributed by atoms with Crippen LogP contribution in [0.25, 0.3) is 0 Å². The van der Waals surface area contributed by atoms with Crippen LogP contribution in [0.3, 0.4) is 0 Å². The summed E-state index contributed by atoms with van der Waals surface area (Å²) in [4.78, 5) is 11.5. The lowest BCUT2D eigenvalue weighted by molar-refractivity contribution is -0.137. The molecule has 0 bridgehead atoms. The third-order valence-corrected chi connectivity index (χ3v) is 2.94. The molecule has 0 saturated carbocycles. The van der Waals surface area contributed by atoms with Gasteiger partial charge in [0.2, 0.25) is 0 Å². The maximum absolute atomic E-state index is 12.8. The molecule has 0 heterocycles. The van der Waals surface area contributed by atoms with Crippen LogP contribution in [0.15, 0.2) is 18.2 Å². The van der Waals surface area contributed by atoms with E-state index in [2.05, 4.69) is 5.32 Å². The number of nitrogen functional groups attached to an aromatic ring is 1. The van der Waals surface area contributed by atoms with Gasteiger partial charge in [-0.1, -0.05) is 6.07 Å². The van der Waals surface area contributed by atoms with Crippen LogP contribution in [0.2, 0.25) is 0 Å². The van der Waals surface area contributed by atoms with Crippen LogP contribution in [0.4, 0.5) is 23.7 Å². The van der Waals surface area contributed by atoms with Crippen molar-refractivity contribution in [1.82, 2.24) is 5.32 Å². The highest BCUT2D eigenvalue weighted by atomic mass is 19.4. The summed E-state index contributed by atoms with van der Waals surface area (Å²) in [6, 6.07) is 2.83. The molecule has 9 heteroatoms. The molecule has 0 aliphatic carbocycles. The molecule has 0 fully saturated rings. The van der Waals surface area contributed by atoms with Crippen molar-refractivity contribution in [3.63, 3.8) is 0 Å². The zero-order chi connectivity index (χ0) is 18.7. The van der Waals surface area contributed by atoms with Gasteiger partial charge < -0.3 is 26.0 Å². The van der Waals surface area contributed by atoms with Crippen molar-refractivity contribution >= 4 is 11.8 Å². The lowest BCUT2D eigenvalue weighted by Crippen LogP contribution is -2.38. The number of aliphatic hydroxyl groups excluding tert-OH is 2. The first-order chi connectivity index (χ1) is 10.8. The maximum Gasteiger partial charge on any atom is 0.418 e. The fourth-order valence-electron chi connectivity index (χ4n) is 1.84. The number of hydrogen-bond acceptors (Lipinski definition) is 5. The second-order valence-corrected chi connectivity index (χ2v) is 6.24. The summed E-state index contributed by atoms with van der Waals surface area (Å²) in [6.07, 6.45) is -8.66. The Hall–Kier alpha value is -2.00. The number of amides is 1. The Kier molecular flexibility index (Phi) is 6.07. The minimum absolute atomic E-state index is 0.171. The van der Waals surface area contributed by atoms with Crippen molar-refractivity contribution in [1.29, 1.82) is 0 Å². The van der Waals surface area contributed by atoms with Gasteiger partial charge in [0, 0.05) is 12.2 Å². The number of nitrogens with one attached hydrogen (secondary N) is 1. The number of nitrogens with two attached hydrogens (primary N) is 1. The summed E-state index contributed by atoms with van der Waals surface area (Å²) in [6.45, 7) is 4.53. The molecule has 6 nitrogen and oxygen atoms in total. The van der Waals surface area contributed by atoms with Gasteiger partial charge in [-0.3, -0.25) is 0 Å². The Morgan fingerprint density at radius 3 is 2.38 bits per heavy atom. The number of alkyl carbamates (subject to hydrolysis) is 1. The smallest absolute Gasteiger partial charge is 0.418 e. The van der Waals surface area contributed by atoms with E-state index in [0.29, 0.717) is 6.07 Å². The second-order valence-electron chi connectivity index (χ2n) is 6.24. The SMILES string of the molecule is CC(C)(C)OC(=O)NCC(O)C(O)c1ccc(N)c(C(F)(F)F)c1. The largest absolute Gasteiger partial charge is 0.444 e. The van der Waals surface area contributed by atoms with E-state index < -0.39 is 47.9 Å². The molecular weight excluding hydrogens is 329 g/mol. The lowest BCUT2D eigenvalue weighted by atomic mass is 10.0. The number of carbonyl (C=O) groups is 1. The van der Waals surface area contributed by atoms with Crippen molar-refractivity contribution < 1.29 is 32.9 Å². The zero-order valence-electron chi connectivity index (χ0n) is 13.5. The molecule has 24 heavy (non-hydrogen) atoms. The average Bonchev–Trinajstić information content (AvgIpc) is 2.41. The first-order valence-electron chi connectivity index (χ1n) is 7.11. The van der Waals surface area contributed by atoms with Gasteiger partial charge in [-0.2, -0.15) is 13.2 Å². The van der Waals surface area contributed by atoms with Gasteiger partial charge >= 0.3 is 12.3 Å². The highest BCUT2D eigenvalue weighted by Gasteiger charge is 2.34. The van der Waals surface area contributed by atoms with Crippen LogP contribution in [-0.4, -0.2) is 34.6 Å². The summed E-state index contributed by atoms with van der Waals surface area (Å²) in [7, 11) is 0. The topological polar surface area (TPSA) is 105 Å². The van der Waals surface area contributed by atoms with Crippen molar-refractivity contribution in [2.24, 2.45) is 0 Å². The molecule has 1 aromatic rings. The number of anilines is 1. The number of rotatable bonds is 4. The predicted molar refractivity (Wildman–Crippen MR) is 81.1 cm³/mol. The molecule has 0 aliphatic heterocycles. The summed E-state index contributed by atoms with van der Waals surface area (Å²) in [5, 5.41) is 22.0. The number of halogens is 3. The molecule has 5 N–H and O–H groups in total. The van der Waals surface area contributed by atoms with E-state index in [-0.39, 0.29) is 5.56 Å². The third kappa shape index (κ3) is 5.89. The quantitative estimate of drug-likeness (QED) is 0.623. The number of alkyl halides is 3. The molecule has 0 spiro atoms. The molecule has 136 valence electrons. The standard InChI is InChI=1S/C15H21F3N2O4/c1-14(2,3)24-13(23)20-7-11(21)12(22)8-4-5-10(19)9(6-8)15(16,17)18/h4-6,11-12,21-22H,7,19H2,1-3H3,(H,20,23). The van der Waals surface area contributed by atoms with Crippen LogP contribution < -0.4 is 11.1 Å². The van der Waals surface area contributed by atoms with Crippen LogP contribution in [0.1, 0.15) is 38.0 Å². The van der Waals surface area contributed by atoms with Crippen LogP contribution >= 0.6 is 0 Å². The van der Waals surface area contributed by atoms with Crippen LogP contribution in [-0.2, 0) is 10.9 Å². The molecule has 1 aromatic carbocycles. The Morgan fingerprint density at radius 2 is 1.88 bits per heavy atom. The van der Waals surface area contributed by atoms with E-state index in [1.165, 1.54) is 6.07 Å². The highest BCUT2D eigenvalue weighted by molar-refractivity contribution is 5.67. The molecule has 0 radical (unpaired) electrons. The predicted octanol–water partition coefficient (Wildman–Crippen LogP) is 2.21. The Bertz CT molecular complexity index is 585. The zero-order valence-corrected chi connectivity index (χ0v) is 13.5. The van der Waals surface area contributed by atoms with E-state index >= 15 is 0 Å². The first kappa shape index (κ1) is 20.0. The third-order valence-electron chi connectivity index (χ3n) is 2.94. The van der Waals surface area contributed by atoms with Gasteiger partial charge in [0.05, 0.1) is 5.56 Å². The minimum Gasteiger partial charge on any atom is -0.444 e. The van der Waals surface area contributed by atoms with E-state index in [0.717, 1.165) is 6.07 Å². The van der Waals surface area contributed by atoms with Crippen molar-refractivity contribution in [2.75, 3.05) is 12.3 Å². The van der Waals surface area contributed by atoms with Gasteiger partial charge in [0.1, 0.15) is 17.8 Å². The van der Waals surface area contributed by atoms with E-state index in [4.69, 9.17) is 10.5 Å². The molecule has 0 saturated heterocycles. The highest BCUT2D eigenvalue weighted by Crippen LogP contribution is 2.35. The van der Waals surface area contributed by atoms with Gasteiger partial charge in [0.25, 0.3) is 0 Å². The number of ether oxygens (including phenoxy) is 1. The lowest BCUT2D eigenvalue weighted by Gasteiger charge is -2.22. The summed E-state index contributed by atoms with van der Waals surface area (Å²) in [5.74, 6) is 0. The monoisotopic (exact) mass is 350 g/mol. The Balaban J connectivity index is 2.76. The molecule has 2 unspecified atom stereocenters. The second kappa shape index (κ2) is 7.27. The van der Waals surface area contributed by atoms with Crippen LogP contribution in [0.5, 0.6) is 0 Å². The normalized spacial score (nSPS) is 14.8. The van der Waals surface area contributed by atoms with E-state index in [9.17, 15) is 28.2 Å². The maximum atomic E-state index is 12.8. The van der Waals surface area contributed by atoms with Gasteiger partial charge in [-0.25, -0.2) is 4.79 Å². The first-order valence-corrected chi connectivity index (χ1v) is 7.11. The fraction of sp³-hybridized carbons (Fsp3) is 0.533. The van der Waals surface area contributed by atoms with E-state index in [1.807, 2.05) is 0 Å². The molecule has 2 atom stereocenters. The van der Waals surface area contributed by atoms with Gasteiger partial charge in [-0.05, 0) is 38.5 Å². The summed E-state index contributed by atoms with van der Waals surface area (Å²) < 4.78 is 43.4.